The summed E-state index contributed by atoms with van der Waals surface area (Å²) in [6.45, 7) is 0.799. The van der Waals surface area contributed by atoms with E-state index >= 15 is 0 Å². The van der Waals surface area contributed by atoms with Crippen molar-refractivity contribution < 1.29 is 23.2 Å². The lowest BCUT2D eigenvalue weighted by atomic mass is 10.1. The van der Waals surface area contributed by atoms with Crippen molar-refractivity contribution in [1.82, 2.24) is 15.1 Å². The number of amides is 3. The van der Waals surface area contributed by atoms with Crippen molar-refractivity contribution in [2.45, 2.75) is 37.4 Å². The molecule has 3 amide bonds. The molecule has 0 aromatic heterocycles. The van der Waals surface area contributed by atoms with Gasteiger partial charge in [0.05, 0.1) is 5.56 Å². The van der Waals surface area contributed by atoms with Crippen LogP contribution in [0.3, 0.4) is 0 Å². The summed E-state index contributed by atoms with van der Waals surface area (Å²) in [6, 6.07) is 1.23. The molecule has 132 valence electrons. The molecule has 0 bridgehead atoms. The molecule has 1 N–H and O–H groups in total. The summed E-state index contributed by atoms with van der Waals surface area (Å²) in [4.78, 5) is 40.4. The molecule has 8 heteroatoms. The van der Waals surface area contributed by atoms with Crippen molar-refractivity contribution in [3.63, 3.8) is 0 Å². The van der Waals surface area contributed by atoms with Gasteiger partial charge in [-0.25, -0.2) is 8.78 Å². The minimum atomic E-state index is -0.817. The standard InChI is InChI=1S/C17H17F2N3O3/c18-9-3-4-12(19)11(6-9)15(23)20-10-7-14-17(25)21-5-1-2-13(21)16(24)22(14)8-10/h3-4,6,10,13-14H,1-2,5,7-8H2,(H,20,23)/t10-,13+,14-/m0/s1. The first-order valence-corrected chi connectivity index (χ1v) is 8.32. The largest absolute Gasteiger partial charge is 0.347 e. The minimum absolute atomic E-state index is 0.0872. The summed E-state index contributed by atoms with van der Waals surface area (Å²) < 4.78 is 27.0. The molecule has 3 atom stereocenters. The Kier molecular flexibility index (Phi) is 3.70. The lowest BCUT2D eigenvalue weighted by Crippen LogP contribution is -2.60. The van der Waals surface area contributed by atoms with Crippen molar-refractivity contribution in [3.8, 4) is 0 Å². The number of benzene rings is 1. The Balaban J connectivity index is 1.49. The lowest BCUT2D eigenvalue weighted by Gasteiger charge is -2.38. The maximum absolute atomic E-state index is 13.7. The average molecular weight is 349 g/mol. The number of carbonyl (C=O) groups is 3. The van der Waals surface area contributed by atoms with E-state index in [1.54, 1.807) is 4.90 Å². The third-order valence-electron chi connectivity index (χ3n) is 5.20. The molecule has 0 spiro atoms. The second kappa shape index (κ2) is 5.79. The van der Waals surface area contributed by atoms with Crippen LogP contribution in [-0.2, 0) is 9.59 Å². The summed E-state index contributed by atoms with van der Waals surface area (Å²) in [6.07, 6.45) is 1.78. The quantitative estimate of drug-likeness (QED) is 0.853. The van der Waals surface area contributed by atoms with Gasteiger partial charge in [-0.3, -0.25) is 14.4 Å². The Hall–Kier alpha value is -2.51. The second-order valence-corrected chi connectivity index (χ2v) is 6.73. The van der Waals surface area contributed by atoms with E-state index in [4.69, 9.17) is 0 Å². The van der Waals surface area contributed by atoms with Crippen molar-refractivity contribution in [2.75, 3.05) is 13.1 Å². The number of hydrogen-bond donors (Lipinski definition) is 1. The van der Waals surface area contributed by atoms with Gasteiger partial charge in [-0.05, 0) is 37.5 Å². The van der Waals surface area contributed by atoms with E-state index < -0.39 is 29.6 Å². The van der Waals surface area contributed by atoms with Crippen LogP contribution < -0.4 is 5.32 Å². The molecule has 25 heavy (non-hydrogen) atoms. The summed E-state index contributed by atoms with van der Waals surface area (Å²) >= 11 is 0. The average Bonchev–Trinajstić information content (AvgIpc) is 3.22. The highest BCUT2D eigenvalue weighted by atomic mass is 19.1. The van der Waals surface area contributed by atoms with Gasteiger partial charge in [0, 0.05) is 19.1 Å². The van der Waals surface area contributed by atoms with Gasteiger partial charge in [-0.1, -0.05) is 0 Å². The fourth-order valence-corrected chi connectivity index (χ4v) is 4.02. The molecule has 0 saturated carbocycles. The Labute approximate surface area is 142 Å². The fourth-order valence-electron chi connectivity index (χ4n) is 4.02. The van der Waals surface area contributed by atoms with Crippen LogP contribution in [0, 0.1) is 11.6 Å². The van der Waals surface area contributed by atoms with Gasteiger partial charge in [-0.2, -0.15) is 0 Å². The molecule has 0 unspecified atom stereocenters. The van der Waals surface area contributed by atoms with Gasteiger partial charge in [0.15, 0.2) is 0 Å². The summed E-state index contributed by atoms with van der Waals surface area (Å²) in [5.41, 5.74) is -0.386. The fraction of sp³-hybridized carbons (Fsp3) is 0.471. The highest BCUT2D eigenvalue weighted by molar-refractivity contribution is 5.98. The number of halogens is 2. The van der Waals surface area contributed by atoms with Gasteiger partial charge < -0.3 is 15.1 Å². The molecule has 4 rings (SSSR count). The number of rotatable bonds is 2. The van der Waals surface area contributed by atoms with Gasteiger partial charge >= 0.3 is 0 Å². The van der Waals surface area contributed by atoms with Crippen LogP contribution in [0.15, 0.2) is 18.2 Å². The molecule has 1 aromatic carbocycles. The van der Waals surface area contributed by atoms with Crippen LogP contribution in [0.5, 0.6) is 0 Å². The van der Waals surface area contributed by atoms with E-state index in [1.165, 1.54) is 4.90 Å². The summed E-state index contributed by atoms with van der Waals surface area (Å²) in [5, 5.41) is 2.62. The van der Waals surface area contributed by atoms with Crippen LogP contribution in [0.1, 0.15) is 29.6 Å². The van der Waals surface area contributed by atoms with Gasteiger partial charge in [0.2, 0.25) is 11.8 Å². The zero-order valence-electron chi connectivity index (χ0n) is 13.4. The van der Waals surface area contributed by atoms with Gasteiger partial charge in [0.1, 0.15) is 23.7 Å². The highest BCUT2D eigenvalue weighted by Crippen LogP contribution is 2.32. The Morgan fingerprint density at radius 2 is 1.88 bits per heavy atom. The van der Waals surface area contributed by atoms with E-state index in [-0.39, 0.29) is 36.4 Å². The predicted octanol–water partition coefficient (Wildman–Crippen LogP) is 0.669. The molecule has 3 saturated heterocycles. The number of hydrogen-bond acceptors (Lipinski definition) is 3. The first kappa shape index (κ1) is 16.0. The van der Waals surface area contributed by atoms with E-state index in [0.717, 1.165) is 24.6 Å². The summed E-state index contributed by atoms with van der Waals surface area (Å²) in [5.74, 6) is -2.45. The molecule has 3 aliphatic heterocycles. The zero-order valence-corrected chi connectivity index (χ0v) is 13.4. The van der Waals surface area contributed by atoms with E-state index in [2.05, 4.69) is 5.32 Å². The molecule has 3 fully saturated rings. The monoisotopic (exact) mass is 349 g/mol. The molecule has 3 heterocycles. The zero-order chi connectivity index (χ0) is 17.7. The van der Waals surface area contributed by atoms with Crippen LogP contribution in [-0.4, -0.2) is 58.7 Å². The molecule has 1 aromatic rings. The van der Waals surface area contributed by atoms with Gasteiger partial charge in [0.25, 0.3) is 5.91 Å². The molecule has 0 radical (unpaired) electrons. The Morgan fingerprint density at radius 1 is 1.12 bits per heavy atom. The number of nitrogens with one attached hydrogen (secondary N) is 1. The Bertz CT molecular complexity index is 740. The maximum Gasteiger partial charge on any atom is 0.254 e. The normalized spacial score (nSPS) is 28.2. The van der Waals surface area contributed by atoms with Crippen LogP contribution in [0.4, 0.5) is 8.78 Å². The van der Waals surface area contributed by atoms with Crippen LogP contribution in [0.25, 0.3) is 0 Å². The molecular formula is C17H17F2N3O3. The summed E-state index contributed by atoms with van der Waals surface area (Å²) in [7, 11) is 0. The van der Waals surface area contributed by atoms with Crippen molar-refractivity contribution in [3.05, 3.63) is 35.4 Å². The van der Waals surface area contributed by atoms with Crippen LogP contribution >= 0.6 is 0 Å². The number of fused-ring (bicyclic) bond motifs is 2. The first-order valence-electron chi connectivity index (χ1n) is 8.32. The minimum Gasteiger partial charge on any atom is -0.347 e. The molecule has 0 aliphatic carbocycles. The third-order valence-corrected chi connectivity index (χ3v) is 5.20. The highest BCUT2D eigenvalue weighted by Gasteiger charge is 2.51. The Morgan fingerprint density at radius 3 is 2.68 bits per heavy atom. The number of nitrogens with zero attached hydrogens (tertiary/aromatic N) is 2. The first-order chi connectivity index (χ1) is 12.0. The lowest BCUT2D eigenvalue weighted by molar-refractivity contribution is -0.156. The van der Waals surface area contributed by atoms with E-state index in [0.29, 0.717) is 13.0 Å². The van der Waals surface area contributed by atoms with Crippen molar-refractivity contribution >= 4 is 17.7 Å². The van der Waals surface area contributed by atoms with Crippen molar-refractivity contribution in [1.29, 1.82) is 0 Å². The van der Waals surface area contributed by atoms with Gasteiger partial charge in [-0.15, -0.1) is 0 Å². The predicted molar refractivity (Wildman–Crippen MR) is 82.5 cm³/mol. The second-order valence-electron chi connectivity index (χ2n) is 6.73. The SMILES string of the molecule is O=C(N[C@H]1C[C@H]2C(=O)N3CCC[C@@H]3C(=O)N2C1)c1cc(F)ccc1F. The van der Waals surface area contributed by atoms with Crippen molar-refractivity contribution in [2.24, 2.45) is 0 Å². The number of carbonyl (C=O) groups excluding carboxylic acids is 3. The smallest absolute Gasteiger partial charge is 0.254 e. The third kappa shape index (κ3) is 2.56. The molecule has 3 aliphatic rings. The van der Waals surface area contributed by atoms with E-state index in [9.17, 15) is 23.2 Å². The molecular weight excluding hydrogens is 332 g/mol. The van der Waals surface area contributed by atoms with E-state index in [1.807, 2.05) is 0 Å². The molecule has 6 nitrogen and oxygen atoms in total. The number of piperazine rings is 1. The maximum atomic E-state index is 13.7. The topological polar surface area (TPSA) is 69.7 Å². The van der Waals surface area contributed by atoms with Crippen LogP contribution in [0.2, 0.25) is 0 Å².